The fourth-order valence-corrected chi connectivity index (χ4v) is 2.80. The van der Waals surface area contributed by atoms with Crippen LogP contribution < -0.4 is 0 Å². The number of likely N-dealkylation sites (N-methyl/N-ethyl adjacent to an activating group) is 1. The number of halogens is 1. The number of benzene rings is 1. The van der Waals surface area contributed by atoms with Gasteiger partial charge in [-0.3, -0.25) is 4.79 Å². The van der Waals surface area contributed by atoms with E-state index >= 15 is 0 Å². The highest BCUT2D eigenvalue weighted by atomic mass is 35.5. The molecule has 0 aliphatic rings. The zero-order chi connectivity index (χ0) is 15.2. The number of rotatable bonds is 4. The van der Waals surface area contributed by atoms with Crippen LogP contribution in [0.15, 0.2) is 42.5 Å². The predicted molar refractivity (Wildman–Crippen MR) is 87.0 cm³/mol. The highest BCUT2D eigenvalue weighted by Gasteiger charge is 2.05. The molecule has 106 valence electrons. The van der Waals surface area contributed by atoms with Gasteiger partial charge in [-0.15, -0.1) is 11.3 Å². The quantitative estimate of drug-likeness (QED) is 0.630. The molecule has 0 fully saturated rings. The van der Waals surface area contributed by atoms with Crippen molar-refractivity contribution in [3.63, 3.8) is 0 Å². The fourth-order valence-electron chi connectivity index (χ4n) is 1.70. The van der Waals surface area contributed by atoms with Gasteiger partial charge in [0.05, 0.1) is 6.07 Å². The van der Waals surface area contributed by atoms with Crippen LogP contribution >= 0.6 is 22.9 Å². The van der Waals surface area contributed by atoms with Crippen LogP contribution in [0.3, 0.4) is 0 Å². The molecule has 5 heteroatoms. The van der Waals surface area contributed by atoms with E-state index in [1.807, 2.05) is 42.5 Å². The van der Waals surface area contributed by atoms with Gasteiger partial charge in [0.15, 0.2) is 0 Å². The molecule has 0 aliphatic heterocycles. The molecule has 0 radical (unpaired) electrons. The predicted octanol–water partition coefficient (Wildman–Crippen LogP) is 4.06. The van der Waals surface area contributed by atoms with Crippen LogP contribution in [0.1, 0.15) is 4.88 Å². The number of amides is 1. The number of carbonyl (C=O) groups is 1. The molecular formula is C16H13ClN2OS. The lowest BCUT2D eigenvalue weighted by molar-refractivity contribution is -0.124. The Morgan fingerprint density at radius 3 is 2.95 bits per heavy atom. The van der Waals surface area contributed by atoms with Gasteiger partial charge in [-0.2, -0.15) is 5.26 Å². The summed E-state index contributed by atoms with van der Waals surface area (Å²) in [7, 11) is 1.60. The zero-order valence-corrected chi connectivity index (χ0v) is 13.0. The molecule has 0 atom stereocenters. The van der Waals surface area contributed by atoms with Crippen molar-refractivity contribution >= 4 is 34.9 Å². The van der Waals surface area contributed by atoms with E-state index in [1.54, 1.807) is 24.5 Å². The largest absolute Gasteiger partial charge is 0.329 e. The van der Waals surface area contributed by atoms with Crippen LogP contribution in [-0.4, -0.2) is 24.4 Å². The standard InChI is InChI=1S/C16H13ClN2OS/c1-19(10-9-18)16(20)8-6-14-5-7-15(21-14)12-3-2-4-13(17)11-12/h2-8,11H,10H2,1H3/b8-6+. The number of hydrogen-bond acceptors (Lipinski definition) is 3. The Kier molecular flexibility index (Phi) is 5.15. The highest BCUT2D eigenvalue weighted by molar-refractivity contribution is 7.16. The summed E-state index contributed by atoms with van der Waals surface area (Å²) in [4.78, 5) is 15.1. The van der Waals surface area contributed by atoms with Gasteiger partial charge in [0.2, 0.25) is 5.91 Å². The maximum Gasteiger partial charge on any atom is 0.247 e. The highest BCUT2D eigenvalue weighted by Crippen LogP contribution is 2.30. The summed E-state index contributed by atoms with van der Waals surface area (Å²) in [5, 5.41) is 9.25. The van der Waals surface area contributed by atoms with E-state index < -0.39 is 0 Å². The van der Waals surface area contributed by atoms with Crippen LogP contribution in [-0.2, 0) is 4.79 Å². The zero-order valence-electron chi connectivity index (χ0n) is 11.4. The van der Waals surface area contributed by atoms with E-state index in [4.69, 9.17) is 16.9 Å². The van der Waals surface area contributed by atoms with E-state index in [0.29, 0.717) is 5.02 Å². The van der Waals surface area contributed by atoms with Crippen LogP contribution in [0.25, 0.3) is 16.5 Å². The molecule has 1 aromatic carbocycles. The Bertz CT molecular complexity index is 715. The maximum atomic E-state index is 11.7. The number of carbonyl (C=O) groups excluding carboxylic acids is 1. The van der Waals surface area contributed by atoms with Crippen molar-refractivity contribution in [3.05, 3.63) is 52.4 Å². The van der Waals surface area contributed by atoms with E-state index in [9.17, 15) is 4.79 Å². The van der Waals surface area contributed by atoms with Crippen LogP contribution in [0.2, 0.25) is 5.02 Å². The van der Waals surface area contributed by atoms with Crippen molar-refractivity contribution in [1.29, 1.82) is 5.26 Å². The third kappa shape index (κ3) is 4.19. The molecule has 0 saturated carbocycles. The third-order valence-corrected chi connectivity index (χ3v) is 4.14. The Balaban J connectivity index is 2.10. The van der Waals surface area contributed by atoms with Crippen molar-refractivity contribution in [2.45, 2.75) is 0 Å². The first kappa shape index (κ1) is 15.3. The summed E-state index contributed by atoms with van der Waals surface area (Å²) >= 11 is 7.56. The van der Waals surface area contributed by atoms with Crippen LogP contribution in [0.4, 0.5) is 0 Å². The minimum atomic E-state index is -0.186. The summed E-state index contributed by atoms with van der Waals surface area (Å²) in [6, 6.07) is 13.5. The van der Waals surface area contributed by atoms with E-state index in [2.05, 4.69) is 0 Å². The summed E-state index contributed by atoms with van der Waals surface area (Å²) < 4.78 is 0. The lowest BCUT2D eigenvalue weighted by Crippen LogP contribution is -2.24. The van der Waals surface area contributed by atoms with E-state index in [1.165, 1.54) is 11.0 Å². The first-order valence-corrected chi connectivity index (χ1v) is 7.45. The summed E-state index contributed by atoms with van der Waals surface area (Å²) in [6.45, 7) is 0.0847. The minimum Gasteiger partial charge on any atom is -0.329 e. The molecule has 1 aromatic heterocycles. The SMILES string of the molecule is CN(CC#N)C(=O)/C=C/c1ccc(-c2cccc(Cl)c2)s1. The van der Waals surface area contributed by atoms with Gasteiger partial charge in [-0.05, 0) is 35.9 Å². The van der Waals surface area contributed by atoms with Crippen LogP contribution in [0.5, 0.6) is 0 Å². The van der Waals surface area contributed by atoms with Crippen LogP contribution in [0, 0.1) is 11.3 Å². The molecule has 0 unspecified atom stereocenters. The summed E-state index contributed by atoms with van der Waals surface area (Å²) in [5.41, 5.74) is 1.06. The van der Waals surface area contributed by atoms with Gasteiger partial charge < -0.3 is 4.90 Å². The third-order valence-electron chi connectivity index (χ3n) is 2.81. The molecule has 0 aliphatic carbocycles. The smallest absolute Gasteiger partial charge is 0.247 e. The summed E-state index contributed by atoms with van der Waals surface area (Å²) in [6.07, 6.45) is 3.24. The average Bonchev–Trinajstić information content (AvgIpc) is 2.94. The minimum absolute atomic E-state index is 0.0847. The number of nitriles is 1. The molecule has 3 nitrogen and oxygen atoms in total. The maximum absolute atomic E-state index is 11.7. The van der Waals surface area contributed by atoms with Crippen molar-refractivity contribution in [2.24, 2.45) is 0 Å². The average molecular weight is 317 g/mol. The van der Waals surface area contributed by atoms with E-state index in [0.717, 1.165) is 15.3 Å². The lowest BCUT2D eigenvalue weighted by atomic mass is 10.2. The van der Waals surface area contributed by atoms with Crippen molar-refractivity contribution in [2.75, 3.05) is 13.6 Å². The molecule has 0 saturated heterocycles. The fraction of sp³-hybridized carbons (Fsp3) is 0.125. The molecule has 0 spiro atoms. The molecule has 2 aromatic rings. The first-order chi connectivity index (χ1) is 10.1. The molecule has 2 rings (SSSR count). The van der Waals surface area contributed by atoms with Crippen molar-refractivity contribution in [3.8, 4) is 16.5 Å². The summed E-state index contributed by atoms with van der Waals surface area (Å²) in [5.74, 6) is -0.186. The monoisotopic (exact) mass is 316 g/mol. The van der Waals surface area contributed by atoms with E-state index in [-0.39, 0.29) is 12.5 Å². The number of hydrogen-bond donors (Lipinski definition) is 0. The molecule has 1 heterocycles. The second-order valence-electron chi connectivity index (χ2n) is 4.40. The second-order valence-corrected chi connectivity index (χ2v) is 5.95. The Morgan fingerprint density at radius 2 is 2.24 bits per heavy atom. The van der Waals surface area contributed by atoms with Crippen molar-refractivity contribution in [1.82, 2.24) is 4.90 Å². The molecule has 21 heavy (non-hydrogen) atoms. The first-order valence-electron chi connectivity index (χ1n) is 6.26. The van der Waals surface area contributed by atoms with Gasteiger partial charge >= 0.3 is 0 Å². The lowest BCUT2D eigenvalue weighted by Gasteiger charge is -2.08. The second kappa shape index (κ2) is 7.07. The van der Waals surface area contributed by atoms with Gasteiger partial charge in [-0.1, -0.05) is 23.7 Å². The Labute approximate surface area is 132 Å². The Morgan fingerprint density at radius 1 is 1.43 bits per heavy atom. The molecular weight excluding hydrogens is 304 g/mol. The van der Waals surface area contributed by atoms with Crippen molar-refractivity contribution < 1.29 is 4.79 Å². The molecule has 0 N–H and O–H groups in total. The molecule has 0 bridgehead atoms. The molecule has 1 amide bonds. The van der Waals surface area contributed by atoms with Gasteiger partial charge in [0.25, 0.3) is 0 Å². The number of nitrogens with zero attached hydrogens (tertiary/aromatic N) is 2. The normalized spacial score (nSPS) is 10.5. The Hall–Kier alpha value is -2.09. The topological polar surface area (TPSA) is 44.1 Å². The number of thiophene rings is 1. The van der Waals surface area contributed by atoms with Gasteiger partial charge in [-0.25, -0.2) is 0 Å². The van der Waals surface area contributed by atoms with Gasteiger partial charge in [0.1, 0.15) is 6.54 Å². The van der Waals surface area contributed by atoms with Gasteiger partial charge in [0, 0.05) is 27.9 Å².